The zero-order chi connectivity index (χ0) is 13.1. The summed E-state index contributed by atoms with van der Waals surface area (Å²) >= 11 is 0. The van der Waals surface area contributed by atoms with Crippen molar-refractivity contribution < 1.29 is 9.53 Å². The molecule has 3 rings (SSSR count). The first-order valence-electron chi connectivity index (χ1n) is 6.52. The average molecular weight is 259 g/mol. The first kappa shape index (κ1) is 12.2. The number of carbonyl (C=O) groups excluding carboxylic acids is 1. The van der Waals surface area contributed by atoms with Crippen molar-refractivity contribution in [2.24, 2.45) is 0 Å². The molecule has 1 saturated heterocycles. The Morgan fingerprint density at radius 1 is 1.26 bits per heavy atom. The van der Waals surface area contributed by atoms with Crippen LogP contribution in [0.3, 0.4) is 0 Å². The third kappa shape index (κ3) is 2.94. The van der Waals surface area contributed by atoms with Crippen LogP contribution in [0, 0.1) is 0 Å². The minimum atomic E-state index is -0.197. The maximum Gasteiger partial charge on any atom is 0.325 e. The number of hydrogen-bond acceptors (Lipinski definition) is 4. The number of fused-ring (bicyclic) bond motifs is 1. The predicted octanol–water partition coefficient (Wildman–Crippen LogP) is 0.978. The van der Waals surface area contributed by atoms with E-state index in [1.807, 2.05) is 30.5 Å². The van der Waals surface area contributed by atoms with E-state index in [4.69, 9.17) is 4.74 Å². The summed E-state index contributed by atoms with van der Waals surface area (Å²) in [6.45, 7) is 4.01. The number of aromatic nitrogens is 1. The highest BCUT2D eigenvalue weighted by Gasteiger charge is 2.15. The van der Waals surface area contributed by atoms with Crippen LogP contribution in [-0.2, 0) is 4.79 Å². The number of nitrogens with zero attached hydrogens (tertiary/aromatic N) is 1. The molecule has 0 saturated carbocycles. The summed E-state index contributed by atoms with van der Waals surface area (Å²) in [5.74, 6) is 0.407. The van der Waals surface area contributed by atoms with Crippen LogP contribution in [0.1, 0.15) is 0 Å². The minimum absolute atomic E-state index is 0.197. The standard InChI is InChI=1S/C14H17N3O2/c18-14(10-17-7-5-15-6-8-17)19-12-1-2-13-11(9-12)3-4-16-13/h1-4,9,15-16H,5-8,10H2. The lowest BCUT2D eigenvalue weighted by Gasteiger charge is -2.25. The van der Waals surface area contributed by atoms with Gasteiger partial charge in [-0.2, -0.15) is 0 Å². The summed E-state index contributed by atoms with van der Waals surface area (Å²) in [6.07, 6.45) is 1.87. The zero-order valence-corrected chi connectivity index (χ0v) is 10.7. The fraction of sp³-hybridized carbons (Fsp3) is 0.357. The van der Waals surface area contributed by atoms with E-state index in [1.54, 1.807) is 0 Å². The molecule has 1 fully saturated rings. The maximum absolute atomic E-state index is 11.9. The molecule has 0 spiro atoms. The fourth-order valence-electron chi connectivity index (χ4n) is 2.31. The lowest BCUT2D eigenvalue weighted by atomic mass is 10.2. The Morgan fingerprint density at radius 2 is 2.11 bits per heavy atom. The van der Waals surface area contributed by atoms with Crippen molar-refractivity contribution in [2.75, 3.05) is 32.7 Å². The molecule has 2 aromatic rings. The van der Waals surface area contributed by atoms with Crippen molar-refractivity contribution in [2.45, 2.75) is 0 Å². The first-order valence-corrected chi connectivity index (χ1v) is 6.52. The minimum Gasteiger partial charge on any atom is -0.426 e. The highest BCUT2D eigenvalue weighted by atomic mass is 16.5. The number of H-pyrrole nitrogens is 1. The molecule has 0 aliphatic carbocycles. The van der Waals surface area contributed by atoms with Crippen LogP contribution in [0.25, 0.3) is 10.9 Å². The lowest BCUT2D eigenvalue weighted by molar-refractivity contribution is -0.135. The van der Waals surface area contributed by atoms with E-state index >= 15 is 0 Å². The largest absolute Gasteiger partial charge is 0.426 e. The van der Waals surface area contributed by atoms with Gasteiger partial charge in [0.25, 0.3) is 0 Å². The molecule has 5 heteroatoms. The Balaban J connectivity index is 1.61. The number of benzene rings is 1. The van der Waals surface area contributed by atoms with E-state index in [9.17, 15) is 4.79 Å². The zero-order valence-electron chi connectivity index (χ0n) is 10.7. The molecule has 0 radical (unpaired) electrons. The van der Waals surface area contributed by atoms with Crippen molar-refractivity contribution >= 4 is 16.9 Å². The van der Waals surface area contributed by atoms with Gasteiger partial charge in [-0.1, -0.05) is 0 Å². The molecule has 19 heavy (non-hydrogen) atoms. The van der Waals surface area contributed by atoms with Gasteiger partial charge < -0.3 is 15.0 Å². The first-order chi connectivity index (χ1) is 9.31. The van der Waals surface area contributed by atoms with E-state index in [-0.39, 0.29) is 5.97 Å². The average Bonchev–Trinajstić information content (AvgIpc) is 2.87. The molecule has 2 heterocycles. The van der Waals surface area contributed by atoms with E-state index in [1.165, 1.54) is 0 Å². The number of aromatic amines is 1. The third-order valence-electron chi connectivity index (χ3n) is 3.32. The van der Waals surface area contributed by atoms with Gasteiger partial charge >= 0.3 is 5.97 Å². The maximum atomic E-state index is 11.9. The van der Waals surface area contributed by atoms with Gasteiger partial charge in [-0.3, -0.25) is 9.69 Å². The second-order valence-electron chi connectivity index (χ2n) is 4.73. The van der Waals surface area contributed by atoms with Crippen LogP contribution in [-0.4, -0.2) is 48.6 Å². The molecule has 1 aromatic heterocycles. The van der Waals surface area contributed by atoms with Crippen molar-refractivity contribution in [1.29, 1.82) is 0 Å². The quantitative estimate of drug-likeness (QED) is 0.637. The summed E-state index contributed by atoms with van der Waals surface area (Å²) in [5.41, 5.74) is 1.04. The van der Waals surface area contributed by atoms with Crippen molar-refractivity contribution in [1.82, 2.24) is 15.2 Å². The summed E-state index contributed by atoms with van der Waals surface area (Å²) in [7, 11) is 0. The van der Waals surface area contributed by atoms with E-state index in [0.717, 1.165) is 37.1 Å². The molecule has 0 amide bonds. The van der Waals surface area contributed by atoms with Crippen LogP contribution < -0.4 is 10.1 Å². The van der Waals surface area contributed by atoms with Crippen LogP contribution in [0.15, 0.2) is 30.5 Å². The van der Waals surface area contributed by atoms with Gasteiger partial charge in [0.05, 0.1) is 6.54 Å². The summed E-state index contributed by atoms with van der Waals surface area (Å²) in [5, 5.41) is 4.31. The van der Waals surface area contributed by atoms with Crippen molar-refractivity contribution in [3.63, 3.8) is 0 Å². The van der Waals surface area contributed by atoms with E-state index < -0.39 is 0 Å². The topological polar surface area (TPSA) is 57.4 Å². The van der Waals surface area contributed by atoms with Gasteiger partial charge in [0.1, 0.15) is 5.75 Å². The second kappa shape index (κ2) is 5.42. The SMILES string of the molecule is O=C(CN1CCNCC1)Oc1ccc2[nH]ccc2c1. The van der Waals surface area contributed by atoms with Crippen LogP contribution in [0.5, 0.6) is 5.75 Å². The van der Waals surface area contributed by atoms with Crippen LogP contribution in [0.2, 0.25) is 0 Å². The summed E-state index contributed by atoms with van der Waals surface area (Å²) in [6, 6.07) is 7.57. The van der Waals surface area contributed by atoms with Crippen LogP contribution >= 0.6 is 0 Å². The number of ether oxygens (including phenoxy) is 1. The molecule has 1 aromatic carbocycles. The number of rotatable bonds is 3. The second-order valence-corrected chi connectivity index (χ2v) is 4.73. The third-order valence-corrected chi connectivity index (χ3v) is 3.32. The van der Waals surface area contributed by atoms with E-state index in [0.29, 0.717) is 12.3 Å². The Bertz CT molecular complexity index is 573. The molecule has 0 bridgehead atoms. The fourth-order valence-corrected chi connectivity index (χ4v) is 2.31. The lowest BCUT2D eigenvalue weighted by Crippen LogP contribution is -2.46. The van der Waals surface area contributed by atoms with Crippen LogP contribution in [0.4, 0.5) is 0 Å². The molecular formula is C14H17N3O2. The summed E-state index contributed by atoms with van der Waals surface area (Å²) in [4.78, 5) is 17.1. The van der Waals surface area contributed by atoms with Crippen molar-refractivity contribution in [3.8, 4) is 5.75 Å². The number of nitrogens with one attached hydrogen (secondary N) is 2. The summed E-state index contributed by atoms with van der Waals surface area (Å²) < 4.78 is 5.38. The van der Waals surface area contributed by atoms with Gasteiger partial charge in [0.15, 0.2) is 0 Å². The van der Waals surface area contributed by atoms with E-state index in [2.05, 4.69) is 15.2 Å². The normalized spacial score (nSPS) is 16.6. The smallest absolute Gasteiger partial charge is 0.325 e. The number of esters is 1. The molecule has 100 valence electrons. The highest BCUT2D eigenvalue weighted by molar-refractivity contribution is 5.82. The Hall–Kier alpha value is -1.85. The number of hydrogen-bond donors (Lipinski definition) is 2. The Kier molecular flexibility index (Phi) is 3.48. The Labute approximate surface area is 111 Å². The van der Waals surface area contributed by atoms with Crippen molar-refractivity contribution in [3.05, 3.63) is 30.5 Å². The molecule has 2 N–H and O–H groups in total. The van der Waals surface area contributed by atoms with Gasteiger partial charge in [0, 0.05) is 43.3 Å². The van der Waals surface area contributed by atoms with Gasteiger partial charge in [-0.05, 0) is 24.3 Å². The molecular weight excluding hydrogens is 242 g/mol. The molecule has 0 unspecified atom stereocenters. The highest BCUT2D eigenvalue weighted by Crippen LogP contribution is 2.19. The number of piperazine rings is 1. The van der Waals surface area contributed by atoms with Gasteiger partial charge in [-0.15, -0.1) is 0 Å². The molecule has 1 aliphatic heterocycles. The number of carbonyl (C=O) groups is 1. The molecule has 1 aliphatic rings. The monoisotopic (exact) mass is 259 g/mol. The Morgan fingerprint density at radius 3 is 2.95 bits per heavy atom. The predicted molar refractivity (Wildman–Crippen MR) is 73.2 cm³/mol. The van der Waals surface area contributed by atoms with Gasteiger partial charge in [0.2, 0.25) is 0 Å². The van der Waals surface area contributed by atoms with Gasteiger partial charge in [-0.25, -0.2) is 0 Å². The molecule has 5 nitrogen and oxygen atoms in total. The molecule has 0 atom stereocenters.